The Bertz CT molecular complexity index is 481. The van der Waals surface area contributed by atoms with Gasteiger partial charge in [-0.05, 0) is 54.8 Å². The molecule has 2 nitrogen and oxygen atoms in total. The third kappa shape index (κ3) is 5.22. The average Bonchev–Trinajstić information content (AvgIpc) is 2.38. The van der Waals surface area contributed by atoms with E-state index in [9.17, 15) is 0 Å². The van der Waals surface area contributed by atoms with Gasteiger partial charge in [-0.1, -0.05) is 29.6 Å². The lowest BCUT2D eigenvalue weighted by molar-refractivity contribution is 0.430. The highest BCUT2D eigenvalue weighted by molar-refractivity contribution is 9.10. The predicted octanol–water partition coefficient (Wildman–Crippen LogP) is 5.89. The Balaban J connectivity index is 2.39. The van der Waals surface area contributed by atoms with Crippen molar-refractivity contribution in [2.24, 2.45) is 5.41 Å². The Kier molecular flexibility index (Phi) is 6.46. The zero-order chi connectivity index (χ0) is 14.5. The minimum absolute atomic E-state index is 0.238. The molecular weight excluding hydrogens is 347 g/mol. The van der Waals surface area contributed by atoms with Crippen LogP contribution in [0.25, 0.3) is 0 Å². The maximum absolute atomic E-state index is 8.92. The number of nitrogens with one attached hydrogen (secondary N) is 1. The zero-order valence-corrected chi connectivity index (χ0v) is 14.2. The summed E-state index contributed by atoms with van der Waals surface area (Å²) in [7, 11) is 0. The summed E-state index contributed by atoms with van der Waals surface area (Å²) >= 11 is 15.5. The summed E-state index contributed by atoms with van der Waals surface area (Å²) in [5.41, 5.74) is 0.605. The van der Waals surface area contributed by atoms with Crippen molar-refractivity contribution < 1.29 is 0 Å². The summed E-state index contributed by atoms with van der Waals surface area (Å²) in [6, 6.07) is 6.08. The van der Waals surface area contributed by atoms with Crippen LogP contribution in [0, 0.1) is 16.7 Å². The first kappa shape index (κ1) is 16.6. The quantitative estimate of drug-likeness (QED) is 0.505. The van der Waals surface area contributed by atoms with Crippen molar-refractivity contribution in [3.05, 3.63) is 26.7 Å². The molecule has 104 valence electrons. The smallest absolute Gasteiger partial charge is 0.0835 e. The van der Waals surface area contributed by atoms with Crippen LogP contribution in [0.15, 0.2) is 16.6 Å². The van der Waals surface area contributed by atoms with Crippen LogP contribution in [0.2, 0.25) is 10.0 Å². The fourth-order valence-electron chi connectivity index (χ4n) is 1.63. The molecule has 0 heterocycles. The molecule has 5 heteroatoms. The van der Waals surface area contributed by atoms with Crippen LogP contribution in [0.3, 0.4) is 0 Å². The van der Waals surface area contributed by atoms with Crippen molar-refractivity contribution in [1.29, 1.82) is 5.26 Å². The topological polar surface area (TPSA) is 35.8 Å². The maximum Gasteiger partial charge on any atom is 0.0835 e. The van der Waals surface area contributed by atoms with E-state index in [4.69, 9.17) is 28.5 Å². The minimum Gasteiger partial charge on any atom is -0.384 e. The minimum atomic E-state index is -0.238. The van der Waals surface area contributed by atoms with E-state index in [1.807, 2.05) is 26.0 Å². The van der Waals surface area contributed by atoms with Gasteiger partial charge in [0.1, 0.15) is 0 Å². The molecule has 0 unspecified atom stereocenters. The van der Waals surface area contributed by atoms with Gasteiger partial charge < -0.3 is 5.32 Å². The molecule has 0 radical (unpaired) electrons. The molecule has 0 aliphatic heterocycles. The van der Waals surface area contributed by atoms with Crippen molar-refractivity contribution in [2.75, 3.05) is 11.9 Å². The van der Waals surface area contributed by atoms with Crippen LogP contribution in [0.4, 0.5) is 5.69 Å². The number of unbranched alkanes of at least 4 members (excludes halogenated alkanes) is 1. The lowest BCUT2D eigenvalue weighted by Gasteiger charge is -2.15. The van der Waals surface area contributed by atoms with Gasteiger partial charge in [-0.2, -0.15) is 5.26 Å². The van der Waals surface area contributed by atoms with Gasteiger partial charge in [-0.25, -0.2) is 0 Å². The summed E-state index contributed by atoms with van der Waals surface area (Å²) in [5.74, 6) is 0. The van der Waals surface area contributed by atoms with E-state index >= 15 is 0 Å². The van der Waals surface area contributed by atoms with E-state index in [0.717, 1.165) is 36.0 Å². The largest absolute Gasteiger partial charge is 0.384 e. The van der Waals surface area contributed by atoms with Crippen LogP contribution in [-0.2, 0) is 0 Å². The lowest BCUT2D eigenvalue weighted by atomic mass is 9.89. The summed E-state index contributed by atoms with van der Waals surface area (Å²) in [6.07, 6.45) is 2.91. The number of hydrogen-bond acceptors (Lipinski definition) is 2. The van der Waals surface area contributed by atoms with Crippen LogP contribution >= 0.6 is 39.1 Å². The third-order valence-corrected chi connectivity index (χ3v) is 4.65. The molecule has 19 heavy (non-hydrogen) atoms. The Labute approximate surface area is 133 Å². The normalized spacial score (nSPS) is 11.2. The fourth-order valence-corrected chi connectivity index (χ4v) is 2.47. The molecule has 0 saturated carbocycles. The summed E-state index contributed by atoms with van der Waals surface area (Å²) in [6.45, 7) is 4.75. The second-order valence-corrected chi connectivity index (χ2v) is 6.71. The van der Waals surface area contributed by atoms with Gasteiger partial charge >= 0.3 is 0 Å². The molecule has 0 aliphatic carbocycles. The molecule has 0 aliphatic rings. The van der Waals surface area contributed by atoms with Gasteiger partial charge in [0, 0.05) is 11.0 Å². The molecule has 1 aromatic rings. The van der Waals surface area contributed by atoms with E-state index < -0.39 is 0 Å². The molecule has 0 saturated heterocycles. The molecule has 1 rings (SSSR count). The monoisotopic (exact) mass is 362 g/mol. The van der Waals surface area contributed by atoms with Crippen molar-refractivity contribution in [1.82, 2.24) is 0 Å². The first-order valence-corrected chi connectivity index (χ1v) is 7.71. The zero-order valence-electron chi connectivity index (χ0n) is 11.1. The second kappa shape index (κ2) is 7.38. The summed E-state index contributed by atoms with van der Waals surface area (Å²) in [5, 5.41) is 13.2. The second-order valence-electron chi connectivity index (χ2n) is 5.10. The number of anilines is 1. The van der Waals surface area contributed by atoms with Crippen LogP contribution in [0.5, 0.6) is 0 Å². The SMILES string of the molecule is CC(C)(C#N)CCCCNc1ccc(Br)c(Cl)c1Cl. The Morgan fingerprint density at radius 3 is 2.58 bits per heavy atom. The Morgan fingerprint density at radius 2 is 1.95 bits per heavy atom. The van der Waals surface area contributed by atoms with Gasteiger partial charge in [0.2, 0.25) is 0 Å². The lowest BCUT2D eigenvalue weighted by Crippen LogP contribution is -2.09. The summed E-state index contributed by atoms with van der Waals surface area (Å²) < 4.78 is 0.792. The fraction of sp³-hybridized carbons (Fsp3) is 0.500. The number of benzene rings is 1. The van der Waals surface area contributed by atoms with Gasteiger partial charge in [0.05, 0.1) is 27.2 Å². The van der Waals surface area contributed by atoms with E-state index in [-0.39, 0.29) is 5.41 Å². The first-order valence-electron chi connectivity index (χ1n) is 6.16. The first-order chi connectivity index (χ1) is 8.87. The number of hydrogen-bond donors (Lipinski definition) is 1. The molecule has 1 N–H and O–H groups in total. The molecule has 0 atom stereocenters. The number of rotatable bonds is 6. The van der Waals surface area contributed by atoms with Gasteiger partial charge in [0.15, 0.2) is 0 Å². The van der Waals surface area contributed by atoms with E-state index in [1.165, 1.54) is 0 Å². The van der Waals surface area contributed by atoms with E-state index in [2.05, 4.69) is 27.3 Å². The molecule has 0 fully saturated rings. The van der Waals surface area contributed by atoms with Crippen LogP contribution in [-0.4, -0.2) is 6.54 Å². The van der Waals surface area contributed by atoms with Gasteiger partial charge in [-0.15, -0.1) is 0 Å². The molecule has 0 amide bonds. The predicted molar refractivity (Wildman–Crippen MR) is 85.9 cm³/mol. The van der Waals surface area contributed by atoms with Crippen LogP contribution in [0.1, 0.15) is 33.1 Å². The van der Waals surface area contributed by atoms with Crippen molar-refractivity contribution >= 4 is 44.8 Å². The molecule has 0 spiro atoms. The average molecular weight is 364 g/mol. The maximum atomic E-state index is 8.92. The highest BCUT2D eigenvalue weighted by Crippen LogP contribution is 2.35. The third-order valence-electron chi connectivity index (χ3n) is 2.88. The molecular formula is C14H17BrCl2N2. The van der Waals surface area contributed by atoms with E-state index in [0.29, 0.717) is 10.0 Å². The highest BCUT2D eigenvalue weighted by Gasteiger charge is 2.15. The summed E-state index contributed by atoms with van der Waals surface area (Å²) in [4.78, 5) is 0. The van der Waals surface area contributed by atoms with Gasteiger partial charge in [-0.3, -0.25) is 0 Å². The standard InChI is InChI=1S/C14H17BrCl2N2/c1-14(2,9-18)7-3-4-8-19-11-6-5-10(15)12(16)13(11)17/h5-6,19H,3-4,7-8H2,1-2H3. The molecule has 1 aromatic carbocycles. The number of halogens is 3. The Hall–Kier alpha value is -0.430. The Morgan fingerprint density at radius 1 is 1.26 bits per heavy atom. The molecule has 0 bridgehead atoms. The van der Waals surface area contributed by atoms with Crippen molar-refractivity contribution in [3.8, 4) is 6.07 Å². The molecule has 0 aromatic heterocycles. The highest BCUT2D eigenvalue weighted by atomic mass is 79.9. The van der Waals surface area contributed by atoms with Crippen molar-refractivity contribution in [3.63, 3.8) is 0 Å². The number of nitriles is 1. The van der Waals surface area contributed by atoms with Crippen molar-refractivity contribution in [2.45, 2.75) is 33.1 Å². The number of nitrogens with zero attached hydrogens (tertiary/aromatic N) is 1. The van der Waals surface area contributed by atoms with E-state index in [1.54, 1.807) is 0 Å². The van der Waals surface area contributed by atoms with Gasteiger partial charge in [0.25, 0.3) is 0 Å². The van der Waals surface area contributed by atoms with Crippen LogP contribution < -0.4 is 5.32 Å².